The average molecular weight is 277 g/mol. The Morgan fingerprint density at radius 2 is 2.11 bits per heavy atom. The van der Waals surface area contributed by atoms with E-state index in [1.807, 2.05) is 24.6 Å². The first-order valence-electron chi connectivity index (χ1n) is 5.80. The van der Waals surface area contributed by atoms with Gasteiger partial charge in [-0.1, -0.05) is 18.2 Å². The quantitative estimate of drug-likeness (QED) is 0.518. The van der Waals surface area contributed by atoms with Gasteiger partial charge in [0, 0.05) is 24.0 Å². The molecule has 2 rings (SSSR count). The topological polar surface area (TPSA) is 72.4 Å². The fourth-order valence-electron chi connectivity index (χ4n) is 1.91. The molecule has 2 N–H and O–H groups in total. The monoisotopic (exact) mass is 277 g/mol. The number of rotatable bonds is 5. The molecular weight excluding hydrogens is 262 g/mol. The van der Waals surface area contributed by atoms with Crippen molar-refractivity contribution in [1.29, 1.82) is 0 Å². The van der Waals surface area contributed by atoms with Crippen LogP contribution in [-0.2, 0) is 13.1 Å². The van der Waals surface area contributed by atoms with Gasteiger partial charge >= 0.3 is 0 Å². The van der Waals surface area contributed by atoms with Crippen LogP contribution in [0.4, 0.5) is 11.4 Å². The Morgan fingerprint density at radius 1 is 1.32 bits per heavy atom. The summed E-state index contributed by atoms with van der Waals surface area (Å²) in [4.78, 5) is 13.7. The summed E-state index contributed by atoms with van der Waals surface area (Å²) in [5, 5.41) is 12.9. The number of hydrogen-bond acceptors (Lipinski definition) is 5. The van der Waals surface area contributed by atoms with Crippen LogP contribution >= 0.6 is 11.3 Å². The predicted molar refractivity (Wildman–Crippen MR) is 77.0 cm³/mol. The maximum absolute atomic E-state index is 10.8. The number of nitrogens with two attached hydrogens (primary N) is 1. The van der Waals surface area contributed by atoms with Crippen LogP contribution in [0.25, 0.3) is 0 Å². The lowest BCUT2D eigenvalue weighted by molar-refractivity contribution is -0.384. The van der Waals surface area contributed by atoms with Crippen molar-refractivity contribution in [1.82, 2.24) is 4.90 Å². The molecule has 19 heavy (non-hydrogen) atoms. The molecule has 0 bridgehead atoms. The SMILES string of the molecule is CN(Cc1cccs1)Cc1cccc([N+](=O)[O-])c1N. The fraction of sp³-hybridized carbons (Fsp3) is 0.231. The van der Waals surface area contributed by atoms with Gasteiger partial charge in [-0.25, -0.2) is 0 Å². The highest BCUT2D eigenvalue weighted by atomic mass is 32.1. The predicted octanol–water partition coefficient (Wildman–Crippen LogP) is 2.87. The molecule has 1 aromatic heterocycles. The van der Waals surface area contributed by atoms with Gasteiger partial charge in [0.1, 0.15) is 5.69 Å². The minimum Gasteiger partial charge on any atom is -0.393 e. The lowest BCUT2D eigenvalue weighted by atomic mass is 10.1. The number of nitrogens with zero attached hydrogens (tertiary/aromatic N) is 2. The highest BCUT2D eigenvalue weighted by molar-refractivity contribution is 7.09. The number of nitro groups is 1. The number of para-hydroxylation sites is 1. The minimum atomic E-state index is -0.446. The Morgan fingerprint density at radius 3 is 2.74 bits per heavy atom. The highest BCUT2D eigenvalue weighted by Gasteiger charge is 2.15. The molecule has 0 aliphatic heterocycles. The van der Waals surface area contributed by atoms with E-state index in [1.165, 1.54) is 10.9 Å². The first-order chi connectivity index (χ1) is 9.08. The second-order valence-electron chi connectivity index (χ2n) is 4.36. The third-order valence-corrected chi connectivity index (χ3v) is 3.68. The van der Waals surface area contributed by atoms with Crippen LogP contribution in [0.1, 0.15) is 10.4 Å². The smallest absolute Gasteiger partial charge is 0.292 e. The summed E-state index contributed by atoms with van der Waals surface area (Å²) in [7, 11) is 1.97. The minimum absolute atomic E-state index is 0.0259. The third kappa shape index (κ3) is 3.30. The van der Waals surface area contributed by atoms with Crippen molar-refractivity contribution in [3.8, 4) is 0 Å². The summed E-state index contributed by atoms with van der Waals surface area (Å²) >= 11 is 1.69. The molecule has 100 valence electrons. The van der Waals surface area contributed by atoms with E-state index in [2.05, 4.69) is 11.0 Å². The number of anilines is 1. The molecule has 1 heterocycles. The van der Waals surface area contributed by atoms with Crippen LogP contribution in [0.5, 0.6) is 0 Å². The summed E-state index contributed by atoms with van der Waals surface area (Å²) in [5.74, 6) is 0. The lowest BCUT2D eigenvalue weighted by Gasteiger charge is -2.16. The first kappa shape index (κ1) is 13.5. The highest BCUT2D eigenvalue weighted by Crippen LogP contribution is 2.26. The molecule has 2 aromatic rings. The zero-order chi connectivity index (χ0) is 13.8. The van der Waals surface area contributed by atoms with Crippen molar-refractivity contribution < 1.29 is 4.92 Å². The average Bonchev–Trinajstić information content (AvgIpc) is 2.84. The second kappa shape index (κ2) is 5.81. The van der Waals surface area contributed by atoms with Gasteiger partial charge in [-0.3, -0.25) is 15.0 Å². The van der Waals surface area contributed by atoms with Crippen molar-refractivity contribution >= 4 is 22.7 Å². The normalized spacial score (nSPS) is 10.8. The van der Waals surface area contributed by atoms with Gasteiger partial charge in [-0.2, -0.15) is 0 Å². The van der Waals surface area contributed by atoms with E-state index >= 15 is 0 Å². The molecule has 6 heteroatoms. The van der Waals surface area contributed by atoms with Crippen molar-refractivity contribution in [2.75, 3.05) is 12.8 Å². The number of benzene rings is 1. The third-order valence-electron chi connectivity index (χ3n) is 2.82. The van der Waals surface area contributed by atoms with Gasteiger partial charge in [0.05, 0.1) is 4.92 Å². The Bertz CT molecular complexity index is 569. The van der Waals surface area contributed by atoms with Crippen molar-refractivity contribution in [2.45, 2.75) is 13.1 Å². The molecule has 0 spiro atoms. The summed E-state index contributed by atoms with van der Waals surface area (Å²) in [6.07, 6.45) is 0. The molecule has 0 saturated heterocycles. The molecule has 0 amide bonds. The standard InChI is InChI=1S/C13H15N3O2S/c1-15(9-11-5-3-7-19-11)8-10-4-2-6-12(13(10)14)16(17)18/h2-7H,8-9,14H2,1H3. The molecule has 0 aliphatic rings. The largest absolute Gasteiger partial charge is 0.393 e. The van der Waals surface area contributed by atoms with E-state index in [0.29, 0.717) is 6.54 Å². The molecule has 0 atom stereocenters. The molecule has 5 nitrogen and oxygen atoms in total. The number of nitro benzene ring substituents is 1. The number of thiophene rings is 1. The number of hydrogen-bond donors (Lipinski definition) is 1. The van der Waals surface area contributed by atoms with E-state index < -0.39 is 4.92 Å². The van der Waals surface area contributed by atoms with Crippen LogP contribution in [-0.4, -0.2) is 16.9 Å². The van der Waals surface area contributed by atoms with Gasteiger partial charge in [0.15, 0.2) is 0 Å². The Kier molecular flexibility index (Phi) is 4.13. The van der Waals surface area contributed by atoms with Gasteiger partial charge in [0.25, 0.3) is 5.69 Å². The van der Waals surface area contributed by atoms with E-state index in [4.69, 9.17) is 5.73 Å². The van der Waals surface area contributed by atoms with Gasteiger partial charge < -0.3 is 5.73 Å². The van der Waals surface area contributed by atoms with Gasteiger partial charge in [-0.05, 0) is 24.1 Å². The fourth-order valence-corrected chi connectivity index (χ4v) is 2.70. The Labute approximate surface area is 115 Å². The van der Waals surface area contributed by atoms with Gasteiger partial charge in [0.2, 0.25) is 0 Å². The maximum Gasteiger partial charge on any atom is 0.292 e. The van der Waals surface area contributed by atoms with Crippen molar-refractivity contribution in [3.63, 3.8) is 0 Å². The first-order valence-corrected chi connectivity index (χ1v) is 6.68. The van der Waals surface area contributed by atoms with Crippen LogP contribution in [0.2, 0.25) is 0 Å². The van der Waals surface area contributed by atoms with E-state index in [0.717, 1.165) is 12.1 Å². The van der Waals surface area contributed by atoms with Crippen LogP contribution < -0.4 is 5.73 Å². The zero-order valence-corrected chi connectivity index (χ0v) is 11.4. The van der Waals surface area contributed by atoms with Crippen molar-refractivity contribution in [3.05, 3.63) is 56.3 Å². The molecule has 0 aliphatic carbocycles. The molecule has 0 unspecified atom stereocenters. The van der Waals surface area contributed by atoms with Gasteiger partial charge in [-0.15, -0.1) is 11.3 Å². The maximum atomic E-state index is 10.8. The summed E-state index contributed by atoms with van der Waals surface area (Å²) in [6.45, 7) is 1.39. The summed E-state index contributed by atoms with van der Waals surface area (Å²) in [6, 6.07) is 9.00. The van der Waals surface area contributed by atoms with E-state index in [9.17, 15) is 10.1 Å². The van der Waals surface area contributed by atoms with Crippen LogP contribution in [0, 0.1) is 10.1 Å². The second-order valence-corrected chi connectivity index (χ2v) is 5.39. The molecule has 0 fully saturated rings. The summed E-state index contributed by atoms with van der Waals surface area (Å²) < 4.78 is 0. The Hall–Kier alpha value is -1.92. The lowest BCUT2D eigenvalue weighted by Crippen LogP contribution is -2.17. The number of nitrogen functional groups attached to an aromatic ring is 1. The van der Waals surface area contributed by atoms with E-state index in [1.54, 1.807) is 17.4 Å². The molecule has 1 aromatic carbocycles. The molecule has 0 saturated carbocycles. The van der Waals surface area contributed by atoms with Crippen LogP contribution in [0.15, 0.2) is 35.7 Å². The zero-order valence-electron chi connectivity index (χ0n) is 10.6. The summed E-state index contributed by atoms with van der Waals surface area (Å²) in [5.41, 5.74) is 6.85. The van der Waals surface area contributed by atoms with Crippen molar-refractivity contribution in [2.24, 2.45) is 0 Å². The Balaban J connectivity index is 2.10. The molecule has 0 radical (unpaired) electrons. The van der Waals surface area contributed by atoms with Crippen LogP contribution in [0.3, 0.4) is 0 Å². The van der Waals surface area contributed by atoms with E-state index in [-0.39, 0.29) is 11.4 Å². The molecular formula is C13H15N3O2S.